The van der Waals surface area contributed by atoms with Crippen molar-refractivity contribution in [3.63, 3.8) is 0 Å². The molecule has 0 saturated carbocycles. The molecule has 0 fully saturated rings. The molecule has 1 N–H and O–H groups in total. The minimum absolute atomic E-state index is 0.189. The van der Waals surface area contributed by atoms with Crippen LogP contribution in [0, 0.1) is 20.8 Å². The maximum absolute atomic E-state index is 12.7. The molecule has 3 rings (SSSR count). The number of fused-ring (bicyclic) bond motifs is 1. The van der Waals surface area contributed by atoms with Crippen LogP contribution in [0.5, 0.6) is 11.5 Å². The SMILES string of the molecule is Cc1ccc(S(=O)(=O)OS(C)(C)CCC2(C)CCc3c(C)c(O)cc(C)c3O2)cc1. The highest BCUT2D eigenvalue weighted by Crippen LogP contribution is 2.48. The number of benzene rings is 2. The number of phenols is 1. The Balaban J connectivity index is 1.71. The fraction of sp³-hybridized carbons (Fsp3) is 0.478. The number of aromatic hydroxyl groups is 1. The summed E-state index contributed by atoms with van der Waals surface area (Å²) < 4.78 is 37.5. The molecule has 30 heavy (non-hydrogen) atoms. The third-order valence-electron chi connectivity index (χ3n) is 5.78. The number of aryl methyl sites for hydroxylation is 2. The molecule has 1 aliphatic rings. The van der Waals surface area contributed by atoms with Gasteiger partial charge in [-0.2, -0.15) is 8.42 Å². The summed E-state index contributed by atoms with van der Waals surface area (Å²) in [7, 11) is -5.65. The molecule has 1 aliphatic heterocycles. The van der Waals surface area contributed by atoms with Gasteiger partial charge in [-0.1, -0.05) is 17.7 Å². The van der Waals surface area contributed by atoms with Crippen molar-refractivity contribution in [2.24, 2.45) is 0 Å². The second kappa shape index (κ2) is 8.09. The molecule has 0 saturated heterocycles. The van der Waals surface area contributed by atoms with Gasteiger partial charge in [0.25, 0.3) is 0 Å². The monoisotopic (exact) mass is 452 g/mol. The molecule has 0 bridgehead atoms. The lowest BCUT2D eigenvalue weighted by atomic mass is 9.87. The van der Waals surface area contributed by atoms with E-state index >= 15 is 0 Å². The van der Waals surface area contributed by atoms with Crippen molar-refractivity contribution < 1.29 is 21.9 Å². The summed E-state index contributed by atoms with van der Waals surface area (Å²) in [5.41, 5.74) is 3.46. The predicted octanol–water partition coefficient (Wildman–Crippen LogP) is 5.18. The van der Waals surface area contributed by atoms with E-state index in [9.17, 15) is 13.5 Å². The summed E-state index contributed by atoms with van der Waals surface area (Å²) in [5, 5.41) is 10.1. The minimum atomic E-state index is -3.80. The number of hydrogen-bond donors (Lipinski definition) is 1. The molecule has 0 aliphatic carbocycles. The summed E-state index contributed by atoms with van der Waals surface area (Å²) in [6, 6.07) is 8.46. The van der Waals surface area contributed by atoms with Crippen molar-refractivity contribution in [3.05, 3.63) is 52.6 Å². The van der Waals surface area contributed by atoms with E-state index in [0.29, 0.717) is 17.9 Å². The Bertz CT molecular complexity index is 1040. The molecular weight excluding hydrogens is 420 g/mol. The fourth-order valence-corrected chi connectivity index (χ4v) is 7.65. The Morgan fingerprint density at radius 2 is 1.77 bits per heavy atom. The van der Waals surface area contributed by atoms with Crippen molar-refractivity contribution in [1.29, 1.82) is 0 Å². The molecule has 2 aromatic carbocycles. The van der Waals surface area contributed by atoms with Gasteiger partial charge in [0, 0.05) is 11.3 Å². The first-order valence-corrected chi connectivity index (χ1v) is 14.0. The van der Waals surface area contributed by atoms with E-state index in [1.54, 1.807) is 30.3 Å². The lowest BCUT2D eigenvalue weighted by molar-refractivity contribution is 0.0607. The van der Waals surface area contributed by atoms with Crippen LogP contribution in [0.1, 0.15) is 42.0 Å². The van der Waals surface area contributed by atoms with Crippen LogP contribution in [-0.4, -0.2) is 37.4 Å². The minimum Gasteiger partial charge on any atom is -0.508 e. The van der Waals surface area contributed by atoms with E-state index in [-0.39, 0.29) is 4.90 Å². The first-order chi connectivity index (χ1) is 13.8. The average Bonchev–Trinajstić information content (AvgIpc) is 2.64. The molecule has 0 radical (unpaired) electrons. The standard InChI is InChI=1S/C23H32O5S2/c1-16-7-9-19(10-8-16)30(25,26)28-29(5,6)14-13-23(4)12-11-20-18(3)21(24)15-17(2)22(20)27-23/h7-10,15,24H,11-14H2,1-6H3. The fourth-order valence-electron chi connectivity index (χ4n) is 3.73. The van der Waals surface area contributed by atoms with E-state index in [0.717, 1.165) is 40.8 Å². The van der Waals surface area contributed by atoms with Gasteiger partial charge in [-0.25, -0.2) is 3.63 Å². The van der Waals surface area contributed by atoms with Crippen molar-refractivity contribution in [2.75, 3.05) is 18.3 Å². The summed E-state index contributed by atoms with van der Waals surface area (Å²) in [5.74, 6) is 1.76. The van der Waals surface area contributed by atoms with Crippen LogP contribution < -0.4 is 4.74 Å². The largest absolute Gasteiger partial charge is 0.508 e. The van der Waals surface area contributed by atoms with Crippen LogP contribution in [0.4, 0.5) is 0 Å². The van der Waals surface area contributed by atoms with Crippen LogP contribution >= 0.6 is 10.3 Å². The summed E-state index contributed by atoms with van der Waals surface area (Å²) in [4.78, 5) is 0.189. The number of rotatable bonds is 6. The highest BCUT2D eigenvalue weighted by atomic mass is 32.3. The van der Waals surface area contributed by atoms with E-state index < -0.39 is 26.0 Å². The highest BCUT2D eigenvalue weighted by molar-refractivity contribution is 8.32. The van der Waals surface area contributed by atoms with Gasteiger partial charge in [0.15, 0.2) is 0 Å². The van der Waals surface area contributed by atoms with Gasteiger partial charge in [-0.3, -0.25) is 0 Å². The van der Waals surface area contributed by atoms with Gasteiger partial charge in [-0.05, 0) is 88.8 Å². The van der Waals surface area contributed by atoms with Gasteiger partial charge < -0.3 is 9.84 Å². The van der Waals surface area contributed by atoms with E-state index in [1.165, 1.54) is 0 Å². The molecule has 0 aromatic heterocycles. The van der Waals surface area contributed by atoms with Crippen LogP contribution in [0.3, 0.4) is 0 Å². The van der Waals surface area contributed by atoms with E-state index in [2.05, 4.69) is 6.92 Å². The second-order valence-corrected chi connectivity index (χ2v) is 14.1. The quantitative estimate of drug-likeness (QED) is 0.654. The van der Waals surface area contributed by atoms with Gasteiger partial charge in [0.1, 0.15) is 17.1 Å². The summed E-state index contributed by atoms with van der Waals surface area (Å²) in [6.07, 6.45) is 6.09. The predicted molar refractivity (Wildman–Crippen MR) is 123 cm³/mol. The second-order valence-electron chi connectivity index (χ2n) is 8.92. The van der Waals surface area contributed by atoms with Crippen LogP contribution in [0.25, 0.3) is 0 Å². The van der Waals surface area contributed by atoms with Crippen LogP contribution in [0.2, 0.25) is 0 Å². The summed E-state index contributed by atoms with van der Waals surface area (Å²) >= 11 is 0. The van der Waals surface area contributed by atoms with Gasteiger partial charge in [-0.15, -0.1) is 10.3 Å². The summed E-state index contributed by atoms with van der Waals surface area (Å²) in [6.45, 7) is 7.84. The smallest absolute Gasteiger partial charge is 0.306 e. The normalized spacial score (nSPS) is 19.8. The Morgan fingerprint density at radius 3 is 2.40 bits per heavy atom. The Morgan fingerprint density at radius 1 is 1.13 bits per heavy atom. The zero-order valence-corrected chi connectivity index (χ0v) is 20.2. The molecule has 166 valence electrons. The molecule has 1 atom stereocenters. The van der Waals surface area contributed by atoms with Gasteiger partial charge in [0.2, 0.25) is 0 Å². The average molecular weight is 453 g/mol. The first-order valence-electron chi connectivity index (χ1n) is 10.1. The number of ether oxygens (including phenoxy) is 1. The van der Waals surface area contributed by atoms with Crippen LogP contribution in [0.15, 0.2) is 35.2 Å². The van der Waals surface area contributed by atoms with Crippen molar-refractivity contribution in [2.45, 2.75) is 57.5 Å². The Kier molecular flexibility index (Phi) is 6.20. The molecule has 2 aromatic rings. The maximum Gasteiger partial charge on any atom is 0.306 e. The molecule has 0 spiro atoms. The molecular formula is C23H32O5S2. The zero-order chi connectivity index (χ0) is 22.3. The van der Waals surface area contributed by atoms with E-state index in [4.69, 9.17) is 8.37 Å². The third kappa shape index (κ3) is 4.95. The van der Waals surface area contributed by atoms with Gasteiger partial charge in [0.05, 0.1) is 4.90 Å². The molecule has 7 heteroatoms. The van der Waals surface area contributed by atoms with E-state index in [1.807, 2.05) is 33.3 Å². The number of hydrogen-bond acceptors (Lipinski definition) is 5. The molecule has 5 nitrogen and oxygen atoms in total. The van der Waals surface area contributed by atoms with Crippen molar-refractivity contribution in [1.82, 2.24) is 0 Å². The number of phenolic OH excluding ortho intramolecular Hbond substituents is 1. The van der Waals surface area contributed by atoms with Gasteiger partial charge >= 0.3 is 10.1 Å². The zero-order valence-electron chi connectivity index (χ0n) is 18.6. The Hall–Kier alpha value is -1.70. The Labute approximate surface area is 182 Å². The third-order valence-corrected chi connectivity index (χ3v) is 10.0. The van der Waals surface area contributed by atoms with Crippen molar-refractivity contribution >= 4 is 20.4 Å². The molecule has 1 heterocycles. The lowest BCUT2D eigenvalue weighted by Gasteiger charge is -2.40. The highest BCUT2D eigenvalue weighted by Gasteiger charge is 2.36. The maximum atomic E-state index is 12.7. The molecule has 1 unspecified atom stereocenters. The molecule has 0 amide bonds. The first kappa shape index (κ1) is 23.0. The van der Waals surface area contributed by atoms with Crippen molar-refractivity contribution in [3.8, 4) is 11.5 Å². The van der Waals surface area contributed by atoms with Crippen LogP contribution in [-0.2, 0) is 20.2 Å². The topological polar surface area (TPSA) is 72.8 Å². The lowest BCUT2D eigenvalue weighted by Crippen LogP contribution is -2.38.